The number of nitrogens with zero attached hydrogens (tertiary/aromatic N) is 2. The third-order valence-electron chi connectivity index (χ3n) is 3.55. The molecule has 1 aromatic carbocycles. The normalized spacial score (nSPS) is 22.4. The van der Waals surface area contributed by atoms with Crippen molar-refractivity contribution in [2.75, 3.05) is 13.1 Å². The Morgan fingerprint density at radius 1 is 1.24 bits per heavy atom. The largest absolute Gasteiger partial charge is 0.486 e. The first-order valence-corrected chi connectivity index (χ1v) is 6.92. The van der Waals surface area contributed by atoms with Crippen molar-refractivity contribution in [3.63, 3.8) is 0 Å². The van der Waals surface area contributed by atoms with Crippen molar-refractivity contribution in [2.45, 2.75) is 18.8 Å². The summed E-state index contributed by atoms with van der Waals surface area (Å²) in [7, 11) is 0. The van der Waals surface area contributed by atoms with Crippen LogP contribution in [-0.2, 0) is 6.54 Å². The Kier molecular flexibility index (Phi) is 4.13. The zero-order valence-electron chi connectivity index (χ0n) is 11.5. The lowest BCUT2D eigenvalue weighted by Gasteiger charge is -2.17. The van der Waals surface area contributed by atoms with Crippen LogP contribution >= 0.6 is 0 Å². The topological polar surface area (TPSA) is 45.6 Å². The zero-order valence-corrected chi connectivity index (χ0v) is 11.5. The Bertz CT molecular complexity index is 594. The van der Waals surface area contributed by atoms with Gasteiger partial charge >= 0.3 is 0 Å². The van der Waals surface area contributed by atoms with Gasteiger partial charge in [-0.2, -0.15) is 0 Å². The monoisotopic (exact) mass is 288 g/mol. The van der Waals surface area contributed by atoms with Gasteiger partial charge in [-0.25, -0.2) is 4.39 Å². The summed E-state index contributed by atoms with van der Waals surface area (Å²) in [4.78, 5) is 6.10. The van der Waals surface area contributed by atoms with Gasteiger partial charge in [0.25, 0.3) is 0 Å². The van der Waals surface area contributed by atoms with Crippen LogP contribution in [0.2, 0.25) is 0 Å². The molecule has 0 aliphatic carbocycles. The number of aliphatic hydroxyl groups excluding tert-OH is 1. The molecule has 2 atom stereocenters. The average molecular weight is 288 g/mol. The molecule has 1 saturated heterocycles. The van der Waals surface area contributed by atoms with Gasteiger partial charge in [-0.3, -0.25) is 9.88 Å². The summed E-state index contributed by atoms with van der Waals surface area (Å²) in [5.41, 5.74) is 1.14. The number of rotatable bonds is 4. The molecule has 1 aromatic heterocycles. The summed E-state index contributed by atoms with van der Waals surface area (Å²) in [5, 5.41) is 10.1. The van der Waals surface area contributed by atoms with Gasteiger partial charge < -0.3 is 9.84 Å². The number of benzene rings is 1. The molecule has 1 aliphatic rings. The summed E-state index contributed by atoms with van der Waals surface area (Å²) in [6.07, 6.45) is 2.59. The fourth-order valence-electron chi connectivity index (χ4n) is 2.54. The highest BCUT2D eigenvalue weighted by molar-refractivity contribution is 5.23. The number of pyridine rings is 1. The van der Waals surface area contributed by atoms with Crippen molar-refractivity contribution in [3.8, 4) is 5.75 Å². The van der Waals surface area contributed by atoms with Crippen LogP contribution in [0.25, 0.3) is 0 Å². The van der Waals surface area contributed by atoms with Crippen LogP contribution in [0.3, 0.4) is 0 Å². The Labute approximate surface area is 122 Å². The van der Waals surface area contributed by atoms with Gasteiger partial charge in [0.1, 0.15) is 23.8 Å². The molecule has 2 aromatic rings. The first-order valence-electron chi connectivity index (χ1n) is 6.92. The zero-order chi connectivity index (χ0) is 14.7. The molecule has 0 amide bonds. The lowest BCUT2D eigenvalue weighted by atomic mass is 10.2. The van der Waals surface area contributed by atoms with Crippen LogP contribution in [0, 0.1) is 5.82 Å². The summed E-state index contributed by atoms with van der Waals surface area (Å²) in [5.74, 6) is 0.110. The van der Waals surface area contributed by atoms with Gasteiger partial charge in [-0.05, 0) is 29.8 Å². The Balaban J connectivity index is 1.61. The molecule has 0 radical (unpaired) electrons. The van der Waals surface area contributed by atoms with Crippen LogP contribution in [0.4, 0.5) is 4.39 Å². The molecule has 1 N–H and O–H groups in total. The predicted molar refractivity (Wildman–Crippen MR) is 76.3 cm³/mol. The van der Waals surface area contributed by atoms with Crippen molar-refractivity contribution in [3.05, 3.63) is 60.2 Å². The quantitative estimate of drug-likeness (QED) is 0.932. The summed E-state index contributed by atoms with van der Waals surface area (Å²) >= 11 is 0. The highest BCUT2D eigenvalue weighted by Crippen LogP contribution is 2.20. The summed E-state index contributed by atoms with van der Waals surface area (Å²) in [6.45, 7) is 1.89. The molecule has 0 spiro atoms. The molecule has 1 fully saturated rings. The number of ether oxygens (including phenoxy) is 1. The molecule has 110 valence electrons. The first-order chi connectivity index (χ1) is 10.2. The van der Waals surface area contributed by atoms with Gasteiger partial charge in [0.15, 0.2) is 0 Å². The number of hydrogen-bond donors (Lipinski definition) is 1. The smallest absolute Gasteiger partial charge is 0.138 e. The molecular weight excluding hydrogens is 271 g/mol. The van der Waals surface area contributed by atoms with E-state index in [0.29, 0.717) is 18.8 Å². The molecular formula is C16H17FN2O2. The maximum atomic E-state index is 13.1. The number of β-amino-alcohol motifs (C(OH)–C–C–N with tert-alkyl or cyclic N) is 1. The summed E-state index contributed by atoms with van der Waals surface area (Å²) in [6, 6.07) is 9.90. The number of likely N-dealkylation sites (tertiary alicyclic amines) is 1. The summed E-state index contributed by atoms with van der Waals surface area (Å²) < 4.78 is 18.8. The number of aliphatic hydroxyl groups is 1. The maximum absolute atomic E-state index is 13.1. The van der Waals surface area contributed by atoms with Crippen LogP contribution in [0.5, 0.6) is 5.75 Å². The van der Waals surface area contributed by atoms with Crippen molar-refractivity contribution >= 4 is 0 Å². The van der Waals surface area contributed by atoms with E-state index in [4.69, 9.17) is 4.74 Å². The number of halogens is 1. The molecule has 3 rings (SSSR count). The minimum atomic E-state index is -0.574. The average Bonchev–Trinajstić information content (AvgIpc) is 2.80. The van der Waals surface area contributed by atoms with Crippen LogP contribution in [-0.4, -0.2) is 40.3 Å². The Hall–Kier alpha value is -1.98. The highest BCUT2D eigenvalue weighted by Gasteiger charge is 2.32. The van der Waals surface area contributed by atoms with E-state index < -0.39 is 6.10 Å². The molecule has 0 unspecified atom stereocenters. The minimum absolute atomic E-state index is 0.339. The molecule has 21 heavy (non-hydrogen) atoms. The van der Waals surface area contributed by atoms with E-state index in [1.165, 1.54) is 12.1 Å². The SMILES string of the molecule is O[C@@H]1CN(Cc2ccncc2)C[C@H]1Oc1cccc(F)c1. The molecule has 5 heteroatoms. The lowest BCUT2D eigenvalue weighted by molar-refractivity contribution is 0.0734. The Morgan fingerprint density at radius 2 is 2.05 bits per heavy atom. The van der Waals surface area contributed by atoms with Gasteiger partial charge in [0.05, 0.1) is 0 Å². The van der Waals surface area contributed by atoms with E-state index in [9.17, 15) is 9.50 Å². The number of hydrogen-bond acceptors (Lipinski definition) is 4. The Morgan fingerprint density at radius 3 is 2.81 bits per heavy atom. The van der Waals surface area contributed by atoms with Crippen LogP contribution in [0.15, 0.2) is 48.8 Å². The lowest BCUT2D eigenvalue weighted by Crippen LogP contribution is -2.29. The second kappa shape index (κ2) is 6.20. The second-order valence-corrected chi connectivity index (χ2v) is 5.23. The predicted octanol–water partition coefficient (Wildman–Crippen LogP) is 1.84. The molecule has 1 aliphatic heterocycles. The van der Waals surface area contributed by atoms with Gasteiger partial charge in [-0.1, -0.05) is 6.07 Å². The van der Waals surface area contributed by atoms with Crippen LogP contribution < -0.4 is 4.74 Å². The standard InChI is InChI=1S/C16H17FN2O2/c17-13-2-1-3-14(8-13)21-16-11-19(10-15(16)20)9-12-4-6-18-7-5-12/h1-8,15-16,20H,9-11H2/t15-,16-/m1/s1. The van der Waals surface area contributed by atoms with Crippen molar-refractivity contribution < 1.29 is 14.2 Å². The van der Waals surface area contributed by atoms with E-state index in [1.807, 2.05) is 12.1 Å². The first kappa shape index (κ1) is 14.0. The van der Waals surface area contributed by atoms with E-state index in [-0.39, 0.29) is 11.9 Å². The van der Waals surface area contributed by atoms with E-state index in [0.717, 1.165) is 12.1 Å². The number of aromatic nitrogens is 1. The van der Waals surface area contributed by atoms with Gasteiger partial charge in [0.2, 0.25) is 0 Å². The van der Waals surface area contributed by atoms with Gasteiger partial charge in [0, 0.05) is 38.1 Å². The van der Waals surface area contributed by atoms with Crippen molar-refractivity contribution in [1.82, 2.24) is 9.88 Å². The highest BCUT2D eigenvalue weighted by atomic mass is 19.1. The van der Waals surface area contributed by atoms with E-state index >= 15 is 0 Å². The molecule has 2 heterocycles. The molecule has 0 saturated carbocycles. The fourth-order valence-corrected chi connectivity index (χ4v) is 2.54. The van der Waals surface area contributed by atoms with Crippen LogP contribution in [0.1, 0.15) is 5.56 Å². The fraction of sp³-hybridized carbons (Fsp3) is 0.312. The van der Waals surface area contributed by atoms with Crippen molar-refractivity contribution in [2.24, 2.45) is 0 Å². The third kappa shape index (κ3) is 3.56. The van der Waals surface area contributed by atoms with E-state index in [2.05, 4.69) is 9.88 Å². The van der Waals surface area contributed by atoms with E-state index in [1.54, 1.807) is 24.5 Å². The molecule has 4 nitrogen and oxygen atoms in total. The third-order valence-corrected chi connectivity index (χ3v) is 3.55. The van der Waals surface area contributed by atoms with Crippen molar-refractivity contribution in [1.29, 1.82) is 0 Å². The second-order valence-electron chi connectivity index (χ2n) is 5.23. The molecule has 0 bridgehead atoms. The maximum Gasteiger partial charge on any atom is 0.138 e. The van der Waals surface area contributed by atoms with Gasteiger partial charge in [-0.15, -0.1) is 0 Å². The minimum Gasteiger partial charge on any atom is -0.486 e.